The van der Waals surface area contributed by atoms with Crippen LogP contribution in [0.5, 0.6) is 5.75 Å². The molecule has 2 N–H and O–H groups in total. The Bertz CT molecular complexity index is 925. The topological polar surface area (TPSA) is 99.7 Å². The van der Waals surface area contributed by atoms with Gasteiger partial charge in [0.25, 0.3) is 11.8 Å². The van der Waals surface area contributed by atoms with Crippen molar-refractivity contribution in [3.63, 3.8) is 0 Å². The van der Waals surface area contributed by atoms with Crippen molar-refractivity contribution in [3.8, 4) is 5.75 Å². The van der Waals surface area contributed by atoms with E-state index in [-0.39, 0.29) is 11.8 Å². The first-order valence-corrected chi connectivity index (χ1v) is 10.2. The standard InChI is InChI=1S/C21H26N6O3/c1-3-18-21(29)25-17-10-14(23-12-19(17)30-18)13-26-6-8-27(9-7-26)15-4-5-16(24-11-15)20(28)22-2/h4-5,10-12,18H,3,6-9,13H2,1-2H3,(H,22,28)(H,25,29)/t18-/m0/s1. The minimum Gasteiger partial charge on any atom is -0.477 e. The van der Waals surface area contributed by atoms with Gasteiger partial charge in [0.15, 0.2) is 11.9 Å². The molecule has 0 spiro atoms. The largest absolute Gasteiger partial charge is 0.477 e. The SMILES string of the molecule is CC[C@@H]1Oc2cnc(CN3CCN(c4ccc(C(=O)NC)nc4)CC3)cc2NC1=O. The lowest BCUT2D eigenvalue weighted by Gasteiger charge is -2.36. The number of fused-ring (bicyclic) bond motifs is 1. The van der Waals surface area contributed by atoms with Crippen LogP contribution in [-0.2, 0) is 11.3 Å². The molecule has 0 bridgehead atoms. The zero-order chi connectivity index (χ0) is 21.1. The number of rotatable bonds is 5. The summed E-state index contributed by atoms with van der Waals surface area (Å²) in [5, 5.41) is 5.49. The van der Waals surface area contributed by atoms with Crippen molar-refractivity contribution in [1.82, 2.24) is 20.2 Å². The number of nitrogens with zero attached hydrogens (tertiary/aromatic N) is 4. The molecular formula is C21H26N6O3. The fourth-order valence-corrected chi connectivity index (χ4v) is 3.68. The van der Waals surface area contributed by atoms with Crippen LogP contribution in [0.3, 0.4) is 0 Å². The summed E-state index contributed by atoms with van der Waals surface area (Å²) in [5.41, 5.74) is 3.02. The van der Waals surface area contributed by atoms with Gasteiger partial charge in [0.2, 0.25) is 0 Å². The molecule has 4 heterocycles. The molecule has 1 fully saturated rings. The van der Waals surface area contributed by atoms with Crippen LogP contribution < -0.4 is 20.3 Å². The van der Waals surface area contributed by atoms with E-state index in [1.165, 1.54) is 0 Å². The van der Waals surface area contributed by atoms with Gasteiger partial charge in [0.1, 0.15) is 5.69 Å². The Morgan fingerprint density at radius 2 is 2.03 bits per heavy atom. The molecule has 0 radical (unpaired) electrons. The zero-order valence-corrected chi connectivity index (χ0v) is 17.2. The van der Waals surface area contributed by atoms with Crippen molar-refractivity contribution < 1.29 is 14.3 Å². The molecule has 30 heavy (non-hydrogen) atoms. The summed E-state index contributed by atoms with van der Waals surface area (Å²) in [6.45, 7) is 6.13. The van der Waals surface area contributed by atoms with E-state index in [0.29, 0.717) is 30.1 Å². The van der Waals surface area contributed by atoms with Crippen molar-refractivity contribution in [2.24, 2.45) is 0 Å². The van der Waals surface area contributed by atoms with E-state index < -0.39 is 6.10 Å². The molecule has 0 saturated carbocycles. The molecule has 158 valence electrons. The van der Waals surface area contributed by atoms with Crippen LogP contribution >= 0.6 is 0 Å². The number of carbonyl (C=O) groups excluding carboxylic acids is 2. The second-order valence-electron chi connectivity index (χ2n) is 7.42. The first-order valence-electron chi connectivity index (χ1n) is 10.2. The van der Waals surface area contributed by atoms with Gasteiger partial charge in [-0.15, -0.1) is 0 Å². The van der Waals surface area contributed by atoms with E-state index in [2.05, 4.69) is 30.4 Å². The third kappa shape index (κ3) is 4.20. The van der Waals surface area contributed by atoms with E-state index in [4.69, 9.17) is 4.74 Å². The van der Waals surface area contributed by atoms with Gasteiger partial charge in [-0.1, -0.05) is 6.92 Å². The van der Waals surface area contributed by atoms with E-state index in [0.717, 1.165) is 37.6 Å². The molecule has 0 aliphatic carbocycles. The number of hydrogen-bond acceptors (Lipinski definition) is 7. The van der Waals surface area contributed by atoms with E-state index >= 15 is 0 Å². The summed E-state index contributed by atoms with van der Waals surface area (Å²) < 4.78 is 5.71. The number of amides is 2. The lowest BCUT2D eigenvalue weighted by Crippen LogP contribution is -2.46. The molecule has 2 aromatic rings. The number of hydrogen-bond donors (Lipinski definition) is 2. The average Bonchev–Trinajstić information content (AvgIpc) is 2.78. The van der Waals surface area contributed by atoms with Crippen molar-refractivity contribution in [2.75, 3.05) is 43.4 Å². The van der Waals surface area contributed by atoms with Crippen LogP contribution in [-0.4, -0.2) is 66.0 Å². The van der Waals surface area contributed by atoms with Gasteiger partial charge in [-0.2, -0.15) is 0 Å². The molecule has 2 aliphatic heterocycles. The van der Waals surface area contributed by atoms with E-state index in [1.807, 2.05) is 19.1 Å². The molecule has 0 unspecified atom stereocenters. The van der Waals surface area contributed by atoms with E-state index in [9.17, 15) is 9.59 Å². The first-order chi connectivity index (χ1) is 14.6. The molecule has 9 heteroatoms. The van der Waals surface area contributed by atoms with Crippen molar-refractivity contribution >= 4 is 23.2 Å². The molecule has 1 saturated heterocycles. The summed E-state index contributed by atoms with van der Waals surface area (Å²) in [6, 6.07) is 5.58. The number of carbonyl (C=O) groups is 2. The van der Waals surface area contributed by atoms with Gasteiger partial charge in [0.05, 0.1) is 29.5 Å². The first kappa shape index (κ1) is 20.1. The Kier molecular flexibility index (Phi) is 5.80. The Labute approximate surface area is 175 Å². The number of anilines is 2. The highest BCUT2D eigenvalue weighted by molar-refractivity contribution is 5.97. The molecule has 9 nitrogen and oxygen atoms in total. The Hall–Kier alpha value is -3.20. The maximum Gasteiger partial charge on any atom is 0.269 e. The van der Waals surface area contributed by atoms with Crippen molar-refractivity contribution in [1.29, 1.82) is 0 Å². The van der Waals surface area contributed by atoms with Crippen LogP contribution in [0.15, 0.2) is 30.6 Å². The minimum atomic E-state index is -0.446. The molecule has 2 aromatic heterocycles. The van der Waals surface area contributed by atoms with Gasteiger partial charge in [-0.3, -0.25) is 19.5 Å². The summed E-state index contributed by atoms with van der Waals surface area (Å²) >= 11 is 0. The van der Waals surface area contributed by atoms with Gasteiger partial charge in [-0.25, -0.2) is 4.98 Å². The van der Waals surface area contributed by atoms with Crippen LogP contribution in [0.1, 0.15) is 29.5 Å². The zero-order valence-electron chi connectivity index (χ0n) is 17.2. The van der Waals surface area contributed by atoms with Gasteiger partial charge in [-0.05, 0) is 24.6 Å². The average molecular weight is 410 g/mol. The number of nitrogens with one attached hydrogen (secondary N) is 2. The quantitative estimate of drug-likeness (QED) is 0.766. The van der Waals surface area contributed by atoms with E-state index in [1.54, 1.807) is 25.5 Å². The molecule has 1 atom stereocenters. The number of aromatic nitrogens is 2. The van der Waals surface area contributed by atoms with Crippen LogP contribution in [0.2, 0.25) is 0 Å². The maximum absolute atomic E-state index is 12.0. The maximum atomic E-state index is 12.0. The summed E-state index contributed by atoms with van der Waals surface area (Å²) in [4.78, 5) is 37.0. The summed E-state index contributed by atoms with van der Waals surface area (Å²) in [7, 11) is 1.59. The van der Waals surface area contributed by atoms with Crippen LogP contribution in [0.25, 0.3) is 0 Å². The van der Waals surface area contributed by atoms with Gasteiger partial charge >= 0.3 is 0 Å². The molecular weight excluding hydrogens is 384 g/mol. The highest BCUT2D eigenvalue weighted by atomic mass is 16.5. The second-order valence-corrected chi connectivity index (χ2v) is 7.42. The van der Waals surface area contributed by atoms with Gasteiger partial charge < -0.3 is 20.3 Å². The summed E-state index contributed by atoms with van der Waals surface area (Å²) in [5.74, 6) is 0.338. The molecule has 4 rings (SSSR count). The van der Waals surface area contributed by atoms with Crippen molar-refractivity contribution in [2.45, 2.75) is 26.0 Å². The van der Waals surface area contributed by atoms with Crippen LogP contribution in [0.4, 0.5) is 11.4 Å². The predicted octanol–water partition coefficient (Wildman–Crippen LogP) is 1.27. The highest BCUT2D eigenvalue weighted by Gasteiger charge is 2.27. The molecule has 2 aliphatic rings. The normalized spacial score (nSPS) is 18.9. The van der Waals surface area contributed by atoms with Gasteiger partial charge in [0, 0.05) is 39.8 Å². The lowest BCUT2D eigenvalue weighted by molar-refractivity contribution is -0.123. The monoisotopic (exact) mass is 410 g/mol. The number of ether oxygens (including phenoxy) is 1. The minimum absolute atomic E-state index is 0.105. The Morgan fingerprint density at radius 1 is 1.23 bits per heavy atom. The third-order valence-electron chi connectivity index (χ3n) is 5.44. The smallest absolute Gasteiger partial charge is 0.269 e. The molecule has 2 amide bonds. The fourth-order valence-electron chi connectivity index (χ4n) is 3.68. The summed E-state index contributed by atoms with van der Waals surface area (Å²) in [6.07, 6.45) is 3.62. The van der Waals surface area contributed by atoms with Crippen LogP contribution in [0, 0.1) is 0 Å². The molecule has 0 aromatic carbocycles. The third-order valence-corrected chi connectivity index (χ3v) is 5.44. The number of pyridine rings is 2. The Morgan fingerprint density at radius 3 is 2.70 bits per heavy atom. The predicted molar refractivity (Wildman–Crippen MR) is 113 cm³/mol. The van der Waals surface area contributed by atoms with Crippen molar-refractivity contribution in [3.05, 3.63) is 42.0 Å². The fraction of sp³-hybridized carbons (Fsp3) is 0.429. The Balaban J connectivity index is 1.34. The highest BCUT2D eigenvalue weighted by Crippen LogP contribution is 2.30. The second kappa shape index (κ2) is 8.66. The number of piperazine rings is 1. The lowest BCUT2D eigenvalue weighted by atomic mass is 10.2.